The van der Waals surface area contributed by atoms with E-state index in [2.05, 4.69) is 11.1 Å². The van der Waals surface area contributed by atoms with Crippen molar-refractivity contribution < 1.29 is 9.53 Å². The molecule has 1 aliphatic carbocycles. The molecule has 0 bridgehead atoms. The molecular weight excluding hydrogens is 264 g/mol. The third kappa shape index (κ3) is 2.24. The summed E-state index contributed by atoms with van der Waals surface area (Å²) in [5, 5.41) is 10.8. The molecular formula is C17H18N2O2. The summed E-state index contributed by atoms with van der Waals surface area (Å²) in [4.78, 5) is 14.8. The molecule has 2 aromatic rings. The average molecular weight is 282 g/mol. The van der Waals surface area contributed by atoms with Crippen molar-refractivity contribution in [2.45, 2.75) is 37.7 Å². The van der Waals surface area contributed by atoms with E-state index in [1.165, 1.54) is 0 Å². The van der Waals surface area contributed by atoms with Crippen molar-refractivity contribution in [3.8, 4) is 6.07 Å². The maximum atomic E-state index is 11.5. The third-order valence-electron chi connectivity index (χ3n) is 4.50. The highest BCUT2D eigenvalue weighted by molar-refractivity contribution is 5.88. The van der Waals surface area contributed by atoms with E-state index in [9.17, 15) is 10.1 Å². The van der Waals surface area contributed by atoms with Crippen molar-refractivity contribution in [2.24, 2.45) is 0 Å². The van der Waals surface area contributed by atoms with Crippen LogP contribution in [0.3, 0.4) is 0 Å². The summed E-state index contributed by atoms with van der Waals surface area (Å²) < 4.78 is 5.23. The molecule has 1 aliphatic rings. The van der Waals surface area contributed by atoms with Gasteiger partial charge in [-0.25, -0.2) is 0 Å². The van der Waals surface area contributed by atoms with Gasteiger partial charge in [0.2, 0.25) is 0 Å². The molecule has 0 spiro atoms. The third-order valence-corrected chi connectivity index (χ3v) is 4.50. The summed E-state index contributed by atoms with van der Waals surface area (Å²) in [5.41, 5.74) is 2.61. The Hall–Kier alpha value is -2.12. The molecule has 1 aromatic heterocycles. The van der Waals surface area contributed by atoms with E-state index in [0.717, 1.165) is 22.0 Å². The molecule has 4 nitrogen and oxygen atoms in total. The highest BCUT2D eigenvalue weighted by Crippen LogP contribution is 2.41. The monoisotopic (exact) mass is 282 g/mol. The van der Waals surface area contributed by atoms with Gasteiger partial charge in [-0.15, -0.1) is 0 Å². The van der Waals surface area contributed by atoms with Gasteiger partial charge in [-0.3, -0.25) is 4.79 Å². The predicted molar refractivity (Wildman–Crippen MR) is 79.8 cm³/mol. The number of ether oxygens (including phenoxy) is 1. The molecule has 108 valence electrons. The number of nitrogens with zero attached hydrogens (tertiary/aromatic N) is 1. The van der Waals surface area contributed by atoms with Gasteiger partial charge in [0.15, 0.2) is 0 Å². The number of fused-ring (bicyclic) bond motifs is 1. The summed E-state index contributed by atoms with van der Waals surface area (Å²) in [6.07, 6.45) is 4.13. The highest BCUT2D eigenvalue weighted by atomic mass is 16.5. The molecule has 0 radical (unpaired) electrons. The zero-order valence-corrected chi connectivity index (χ0v) is 12.1. The predicted octanol–water partition coefficient (Wildman–Crippen LogP) is 3.22. The fourth-order valence-corrected chi connectivity index (χ4v) is 3.31. The number of rotatable bonds is 3. The van der Waals surface area contributed by atoms with E-state index in [-0.39, 0.29) is 5.78 Å². The van der Waals surface area contributed by atoms with Crippen LogP contribution in [0.5, 0.6) is 0 Å². The Morgan fingerprint density at radius 2 is 2.10 bits per heavy atom. The number of carbonyl (C=O) groups is 1. The van der Waals surface area contributed by atoms with Crippen molar-refractivity contribution in [1.29, 1.82) is 5.26 Å². The Morgan fingerprint density at radius 3 is 2.76 bits per heavy atom. The number of aromatic nitrogens is 1. The van der Waals surface area contributed by atoms with Crippen LogP contribution in [0, 0.1) is 11.3 Å². The van der Waals surface area contributed by atoms with Gasteiger partial charge in [-0.2, -0.15) is 5.26 Å². The van der Waals surface area contributed by atoms with Crippen molar-refractivity contribution in [2.75, 3.05) is 7.11 Å². The first-order valence-corrected chi connectivity index (χ1v) is 7.21. The van der Waals surface area contributed by atoms with Crippen molar-refractivity contribution >= 4 is 16.7 Å². The molecule has 1 fully saturated rings. The van der Waals surface area contributed by atoms with Crippen LogP contribution in [0.1, 0.15) is 36.8 Å². The van der Waals surface area contributed by atoms with Crippen LogP contribution in [-0.4, -0.2) is 17.9 Å². The van der Waals surface area contributed by atoms with Crippen LogP contribution in [0.4, 0.5) is 0 Å². The number of nitrogens with one attached hydrogen (secondary N) is 1. The molecule has 1 heterocycles. The van der Waals surface area contributed by atoms with Gasteiger partial charge in [0.1, 0.15) is 5.78 Å². The number of hydrogen-bond donors (Lipinski definition) is 1. The molecule has 0 atom stereocenters. The molecule has 4 heteroatoms. The minimum Gasteiger partial charge on any atom is -0.380 e. The molecule has 1 N–H and O–H groups in total. The normalized spacial score (nSPS) is 17.8. The Kier molecular flexibility index (Phi) is 3.52. The number of carbonyl (C=O) groups excluding carboxylic acids is 1. The first-order chi connectivity index (χ1) is 10.2. The lowest BCUT2D eigenvalue weighted by Gasteiger charge is -2.31. The minimum atomic E-state index is -0.542. The number of aromatic amines is 1. The number of methoxy groups -OCH3 is 1. The van der Waals surface area contributed by atoms with Crippen LogP contribution in [0.2, 0.25) is 0 Å². The molecule has 0 saturated heterocycles. The SMILES string of the molecule is COCc1ccc(C2(C#N)CCC(=O)CC2)c2cc[nH]c12. The van der Waals surface area contributed by atoms with E-state index in [4.69, 9.17) is 4.74 Å². The van der Waals surface area contributed by atoms with Gasteiger partial charge >= 0.3 is 0 Å². The van der Waals surface area contributed by atoms with Crippen molar-refractivity contribution in [3.63, 3.8) is 0 Å². The quantitative estimate of drug-likeness (QED) is 0.940. The lowest BCUT2D eigenvalue weighted by molar-refractivity contribution is -0.120. The van der Waals surface area contributed by atoms with Crippen LogP contribution >= 0.6 is 0 Å². The maximum absolute atomic E-state index is 11.5. The number of ketones is 1. The average Bonchev–Trinajstić information content (AvgIpc) is 2.99. The van der Waals surface area contributed by atoms with Gasteiger partial charge < -0.3 is 9.72 Å². The molecule has 1 saturated carbocycles. The van der Waals surface area contributed by atoms with E-state index in [0.29, 0.717) is 32.3 Å². The molecule has 0 amide bonds. The van der Waals surface area contributed by atoms with Crippen LogP contribution in [0.25, 0.3) is 10.9 Å². The molecule has 1 aromatic carbocycles. The molecule has 21 heavy (non-hydrogen) atoms. The Balaban J connectivity index is 2.12. The Morgan fingerprint density at radius 1 is 1.33 bits per heavy atom. The maximum Gasteiger partial charge on any atom is 0.133 e. The second-order valence-electron chi connectivity index (χ2n) is 5.70. The van der Waals surface area contributed by atoms with E-state index < -0.39 is 5.41 Å². The van der Waals surface area contributed by atoms with Crippen molar-refractivity contribution in [1.82, 2.24) is 4.98 Å². The first-order valence-electron chi connectivity index (χ1n) is 7.21. The molecule has 0 aliphatic heterocycles. The minimum absolute atomic E-state index is 0.266. The Bertz CT molecular complexity index is 714. The number of hydrogen-bond acceptors (Lipinski definition) is 3. The lowest BCUT2D eigenvalue weighted by atomic mass is 9.69. The van der Waals surface area contributed by atoms with Crippen LogP contribution < -0.4 is 0 Å². The van der Waals surface area contributed by atoms with Gasteiger partial charge in [0.05, 0.1) is 23.6 Å². The zero-order chi connectivity index (χ0) is 14.9. The number of nitriles is 1. The van der Waals surface area contributed by atoms with Crippen LogP contribution in [-0.2, 0) is 21.6 Å². The zero-order valence-electron chi connectivity index (χ0n) is 12.1. The molecule has 0 unspecified atom stereocenters. The van der Waals surface area contributed by atoms with Crippen molar-refractivity contribution in [3.05, 3.63) is 35.5 Å². The second kappa shape index (κ2) is 5.34. The van der Waals surface area contributed by atoms with E-state index in [1.54, 1.807) is 7.11 Å². The largest absolute Gasteiger partial charge is 0.380 e. The van der Waals surface area contributed by atoms with Gasteiger partial charge in [0.25, 0.3) is 0 Å². The number of benzene rings is 1. The standard InChI is InChI=1S/C17H18N2O2/c1-21-10-12-2-3-15(14-6-9-19-16(12)14)17(11-18)7-4-13(20)5-8-17/h2-3,6,9,19H,4-5,7-8,10H2,1H3. The summed E-state index contributed by atoms with van der Waals surface area (Å²) in [6.45, 7) is 0.537. The number of Topliss-reactive ketones (excluding diaryl/α,β-unsaturated/α-hetero) is 1. The van der Waals surface area contributed by atoms with Gasteiger partial charge in [-0.05, 0) is 24.5 Å². The molecule has 3 rings (SSSR count). The smallest absolute Gasteiger partial charge is 0.133 e. The van der Waals surface area contributed by atoms with E-state index in [1.807, 2.05) is 24.4 Å². The summed E-state index contributed by atoms with van der Waals surface area (Å²) in [6, 6.07) is 8.56. The summed E-state index contributed by atoms with van der Waals surface area (Å²) >= 11 is 0. The second-order valence-corrected chi connectivity index (χ2v) is 5.70. The first kappa shape index (κ1) is 13.8. The van der Waals surface area contributed by atoms with Crippen LogP contribution in [0.15, 0.2) is 24.4 Å². The van der Waals surface area contributed by atoms with Gasteiger partial charge in [-0.1, -0.05) is 12.1 Å². The summed E-state index contributed by atoms with van der Waals surface area (Å²) in [5.74, 6) is 0.266. The Labute approximate surface area is 123 Å². The fourth-order valence-electron chi connectivity index (χ4n) is 3.31. The van der Waals surface area contributed by atoms with Gasteiger partial charge in [0, 0.05) is 37.1 Å². The fraction of sp³-hybridized carbons (Fsp3) is 0.412. The number of H-pyrrole nitrogens is 1. The topological polar surface area (TPSA) is 65.9 Å². The summed E-state index contributed by atoms with van der Waals surface area (Å²) in [7, 11) is 1.67. The lowest BCUT2D eigenvalue weighted by Crippen LogP contribution is -2.30. The van der Waals surface area contributed by atoms with E-state index >= 15 is 0 Å². The highest BCUT2D eigenvalue weighted by Gasteiger charge is 2.38.